The largest absolute Gasteiger partial charge is 0.320 e. The number of H-pyrrole nitrogens is 1. The summed E-state index contributed by atoms with van der Waals surface area (Å²) in [5.41, 5.74) is 4.64. The molecule has 0 fully saturated rings. The molecule has 0 aliphatic heterocycles. The lowest BCUT2D eigenvalue weighted by Gasteiger charge is -2.07. The van der Waals surface area contributed by atoms with E-state index in [-0.39, 0.29) is 5.56 Å². The van der Waals surface area contributed by atoms with Crippen LogP contribution in [0.3, 0.4) is 0 Å². The van der Waals surface area contributed by atoms with E-state index in [2.05, 4.69) is 9.97 Å². The summed E-state index contributed by atoms with van der Waals surface area (Å²) in [5.74, 6) is 0. The molecule has 0 saturated carbocycles. The first-order valence-corrected chi connectivity index (χ1v) is 5.75. The maximum atomic E-state index is 11.9. The highest BCUT2D eigenvalue weighted by Crippen LogP contribution is 2.28. The number of pyridine rings is 2. The molecule has 2 aromatic heterocycles. The zero-order valence-corrected chi connectivity index (χ0v) is 9.69. The first-order chi connectivity index (χ1) is 7.68. The van der Waals surface area contributed by atoms with Crippen LogP contribution in [0.15, 0.2) is 11.0 Å². The van der Waals surface area contributed by atoms with Crippen molar-refractivity contribution in [1.29, 1.82) is 0 Å². The fourth-order valence-electron chi connectivity index (χ4n) is 2.41. The van der Waals surface area contributed by atoms with Crippen LogP contribution in [-0.2, 0) is 12.8 Å². The van der Waals surface area contributed by atoms with Gasteiger partial charge in [-0.2, -0.15) is 0 Å². The number of aromatic amines is 1. The Balaban J connectivity index is 2.52. The average Bonchev–Trinajstić information content (AvgIpc) is 2.74. The number of nitrogens with zero attached hydrogens (tertiary/aromatic N) is 1. The Morgan fingerprint density at radius 3 is 2.94 bits per heavy atom. The van der Waals surface area contributed by atoms with E-state index in [0.29, 0.717) is 5.02 Å². The number of rotatable bonds is 0. The van der Waals surface area contributed by atoms with Gasteiger partial charge in [0.1, 0.15) is 0 Å². The van der Waals surface area contributed by atoms with Gasteiger partial charge in [0.05, 0.1) is 16.1 Å². The lowest BCUT2D eigenvalue weighted by molar-refractivity contribution is 0.908. The number of nitrogens with one attached hydrogen (secondary N) is 1. The molecule has 2 aromatic rings. The van der Waals surface area contributed by atoms with Crippen molar-refractivity contribution in [3.05, 3.63) is 38.3 Å². The number of halogens is 1. The molecule has 0 unspecified atom stereocenters. The molecule has 0 amide bonds. The number of aryl methyl sites for hydroxylation is 2. The van der Waals surface area contributed by atoms with E-state index < -0.39 is 0 Å². The second-order valence-electron chi connectivity index (χ2n) is 4.22. The van der Waals surface area contributed by atoms with Crippen molar-refractivity contribution in [2.45, 2.75) is 26.2 Å². The van der Waals surface area contributed by atoms with Gasteiger partial charge >= 0.3 is 0 Å². The van der Waals surface area contributed by atoms with Crippen molar-refractivity contribution in [2.24, 2.45) is 0 Å². The topological polar surface area (TPSA) is 45.8 Å². The lowest BCUT2D eigenvalue weighted by atomic mass is 10.1. The third-order valence-electron chi connectivity index (χ3n) is 3.29. The maximum Gasteiger partial charge on any atom is 0.252 e. The SMILES string of the molecule is Cc1c(Cl)cnc2c3c(c(=O)[nH]c12)CCC3. The van der Waals surface area contributed by atoms with Gasteiger partial charge in [-0.05, 0) is 37.3 Å². The molecule has 1 aliphatic rings. The highest BCUT2D eigenvalue weighted by atomic mass is 35.5. The Kier molecular flexibility index (Phi) is 2.04. The van der Waals surface area contributed by atoms with Gasteiger partial charge in [0.2, 0.25) is 0 Å². The molecule has 0 atom stereocenters. The van der Waals surface area contributed by atoms with Gasteiger partial charge < -0.3 is 4.98 Å². The van der Waals surface area contributed by atoms with Crippen molar-refractivity contribution in [3.63, 3.8) is 0 Å². The summed E-state index contributed by atoms with van der Waals surface area (Å²) in [7, 11) is 0. The zero-order chi connectivity index (χ0) is 11.3. The fourth-order valence-corrected chi connectivity index (χ4v) is 2.55. The van der Waals surface area contributed by atoms with E-state index in [1.54, 1.807) is 6.20 Å². The third-order valence-corrected chi connectivity index (χ3v) is 3.67. The van der Waals surface area contributed by atoms with E-state index >= 15 is 0 Å². The highest BCUT2D eigenvalue weighted by Gasteiger charge is 2.19. The molecule has 3 nitrogen and oxygen atoms in total. The Labute approximate surface area is 97.5 Å². The van der Waals surface area contributed by atoms with E-state index in [4.69, 9.17) is 11.6 Å². The van der Waals surface area contributed by atoms with Crippen molar-refractivity contribution in [2.75, 3.05) is 0 Å². The van der Waals surface area contributed by atoms with Crippen LogP contribution < -0.4 is 5.56 Å². The van der Waals surface area contributed by atoms with E-state index in [9.17, 15) is 4.79 Å². The predicted octanol–water partition coefficient (Wildman–Crippen LogP) is 2.37. The van der Waals surface area contributed by atoms with Gasteiger partial charge in [0.15, 0.2) is 0 Å². The lowest BCUT2D eigenvalue weighted by Crippen LogP contribution is -2.13. The third kappa shape index (κ3) is 1.21. The van der Waals surface area contributed by atoms with Gasteiger partial charge in [-0.15, -0.1) is 0 Å². The molecule has 4 heteroatoms. The van der Waals surface area contributed by atoms with Crippen molar-refractivity contribution in [1.82, 2.24) is 9.97 Å². The van der Waals surface area contributed by atoms with E-state index in [1.165, 1.54) is 0 Å². The molecule has 0 saturated heterocycles. The summed E-state index contributed by atoms with van der Waals surface area (Å²) in [5, 5.41) is 0.598. The Hall–Kier alpha value is -1.35. The Morgan fingerprint density at radius 2 is 2.12 bits per heavy atom. The molecule has 82 valence electrons. The van der Waals surface area contributed by atoms with Gasteiger partial charge in [0.25, 0.3) is 5.56 Å². The first kappa shape index (κ1) is 9.85. The normalized spacial score (nSPS) is 14.4. The van der Waals surface area contributed by atoms with Crippen LogP contribution in [0.5, 0.6) is 0 Å². The standard InChI is InChI=1S/C12H11ClN2O/c1-6-9(13)5-14-11-7-3-2-4-8(7)12(16)15-10(6)11/h5H,2-4H2,1H3,(H,15,16). The summed E-state index contributed by atoms with van der Waals surface area (Å²) in [6, 6.07) is 0. The van der Waals surface area contributed by atoms with E-state index in [0.717, 1.165) is 47.0 Å². The smallest absolute Gasteiger partial charge is 0.252 e. The van der Waals surface area contributed by atoms with Gasteiger partial charge in [-0.1, -0.05) is 11.6 Å². The Morgan fingerprint density at radius 1 is 1.38 bits per heavy atom. The molecule has 2 heterocycles. The molecule has 0 radical (unpaired) electrons. The summed E-state index contributed by atoms with van der Waals surface area (Å²) >= 11 is 6.01. The van der Waals surface area contributed by atoms with Crippen molar-refractivity contribution < 1.29 is 0 Å². The van der Waals surface area contributed by atoms with Crippen LogP contribution in [0.1, 0.15) is 23.1 Å². The van der Waals surface area contributed by atoms with Crippen LogP contribution in [-0.4, -0.2) is 9.97 Å². The molecule has 1 N–H and O–H groups in total. The van der Waals surface area contributed by atoms with Gasteiger partial charge in [-0.3, -0.25) is 9.78 Å². The van der Waals surface area contributed by atoms with Gasteiger partial charge in [0, 0.05) is 11.8 Å². The van der Waals surface area contributed by atoms with Crippen LogP contribution in [0.25, 0.3) is 11.0 Å². The van der Waals surface area contributed by atoms with Crippen molar-refractivity contribution in [3.8, 4) is 0 Å². The number of fused-ring (bicyclic) bond motifs is 3. The molecule has 0 aromatic carbocycles. The zero-order valence-electron chi connectivity index (χ0n) is 8.93. The quantitative estimate of drug-likeness (QED) is 0.761. The molecule has 3 rings (SSSR count). The van der Waals surface area contributed by atoms with Crippen LogP contribution >= 0.6 is 11.6 Å². The molecule has 16 heavy (non-hydrogen) atoms. The summed E-state index contributed by atoms with van der Waals surface area (Å²) in [6.45, 7) is 1.91. The second kappa shape index (κ2) is 3.32. The fraction of sp³-hybridized carbons (Fsp3) is 0.333. The summed E-state index contributed by atoms with van der Waals surface area (Å²) in [6.07, 6.45) is 4.52. The minimum Gasteiger partial charge on any atom is -0.320 e. The van der Waals surface area contributed by atoms with E-state index in [1.807, 2.05) is 6.92 Å². The first-order valence-electron chi connectivity index (χ1n) is 5.37. The average molecular weight is 235 g/mol. The number of hydrogen-bond acceptors (Lipinski definition) is 2. The number of aromatic nitrogens is 2. The maximum absolute atomic E-state index is 11.9. The van der Waals surface area contributed by atoms with Gasteiger partial charge in [-0.25, -0.2) is 0 Å². The van der Waals surface area contributed by atoms with Crippen molar-refractivity contribution >= 4 is 22.6 Å². The number of hydrogen-bond donors (Lipinski definition) is 1. The monoisotopic (exact) mass is 234 g/mol. The molecule has 0 spiro atoms. The molecule has 0 bridgehead atoms. The molecular formula is C12H11ClN2O. The van der Waals surface area contributed by atoms with Crippen LogP contribution in [0, 0.1) is 6.92 Å². The summed E-state index contributed by atoms with van der Waals surface area (Å²) < 4.78 is 0. The summed E-state index contributed by atoms with van der Waals surface area (Å²) in [4.78, 5) is 19.1. The van der Waals surface area contributed by atoms with Crippen LogP contribution in [0.2, 0.25) is 5.02 Å². The Bertz CT molecular complexity index is 645. The van der Waals surface area contributed by atoms with Crippen LogP contribution in [0.4, 0.5) is 0 Å². The predicted molar refractivity (Wildman–Crippen MR) is 64.1 cm³/mol. The molecular weight excluding hydrogens is 224 g/mol. The second-order valence-corrected chi connectivity index (χ2v) is 4.63. The molecule has 1 aliphatic carbocycles. The highest BCUT2D eigenvalue weighted by molar-refractivity contribution is 6.32. The minimum absolute atomic E-state index is 0.0205. The minimum atomic E-state index is 0.0205.